The minimum absolute atomic E-state index is 0.248. The van der Waals surface area contributed by atoms with Gasteiger partial charge in [0.25, 0.3) is 0 Å². The van der Waals surface area contributed by atoms with Crippen LogP contribution < -0.4 is 5.32 Å². The second-order valence-corrected chi connectivity index (χ2v) is 6.23. The Kier molecular flexibility index (Phi) is 5.67. The Morgan fingerprint density at radius 3 is 2.79 bits per heavy atom. The average molecular weight is 387 g/mol. The molecule has 1 unspecified atom stereocenters. The number of nitrogens with one attached hydrogen (secondary N) is 1. The van der Waals surface area contributed by atoms with Gasteiger partial charge in [-0.2, -0.15) is 0 Å². The fraction of sp³-hybridized carbons (Fsp3) is 0.333. The van der Waals surface area contributed by atoms with Gasteiger partial charge in [-0.25, -0.2) is 0 Å². The lowest BCUT2D eigenvalue weighted by molar-refractivity contribution is 0.448. The molecule has 0 aliphatic carbocycles. The standard InChI is InChI=1S/C15H17Br2NO/c1-2-7-18-15(10-12-4-3-8-19-12)13-9-11(16)5-6-14(13)17/h3-6,8-9,15,18H,2,7,10H2,1H3. The van der Waals surface area contributed by atoms with Crippen molar-refractivity contribution in [2.24, 2.45) is 0 Å². The summed E-state index contributed by atoms with van der Waals surface area (Å²) in [4.78, 5) is 0. The number of halogens is 2. The molecule has 2 nitrogen and oxygen atoms in total. The maximum Gasteiger partial charge on any atom is 0.105 e. The van der Waals surface area contributed by atoms with Gasteiger partial charge in [0.2, 0.25) is 0 Å². The van der Waals surface area contributed by atoms with Gasteiger partial charge in [-0.3, -0.25) is 0 Å². The lowest BCUT2D eigenvalue weighted by Crippen LogP contribution is -2.24. The molecule has 0 saturated heterocycles. The van der Waals surface area contributed by atoms with Crippen molar-refractivity contribution < 1.29 is 4.42 Å². The summed E-state index contributed by atoms with van der Waals surface area (Å²) in [6, 6.07) is 10.5. The third-order valence-corrected chi connectivity index (χ3v) is 4.18. The van der Waals surface area contributed by atoms with Crippen molar-refractivity contribution in [2.75, 3.05) is 6.54 Å². The lowest BCUT2D eigenvalue weighted by atomic mass is 10.0. The fourth-order valence-electron chi connectivity index (χ4n) is 2.02. The van der Waals surface area contributed by atoms with Gasteiger partial charge >= 0.3 is 0 Å². The Morgan fingerprint density at radius 1 is 1.26 bits per heavy atom. The molecule has 4 heteroatoms. The molecular weight excluding hydrogens is 370 g/mol. The zero-order valence-corrected chi connectivity index (χ0v) is 14.0. The number of furan rings is 1. The molecule has 0 fully saturated rings. The number of hydrogen-bond acceptors (Lipinski definition) is 2. The second kappa shape index (κ2) is 7.27. The molecule has 1 aromatic heterocycles. The first-order chi connectivity index (χ1) is 9.20. The van der Waals surface area contributed by atoms with E-state index in [9.17, 15) is 0 Å². The van der Waals surface area contributed by atoms with E-state index in [4.69, 9.17) is 4.42 Å². The summed E-state index contributed by atoms with van der Waals surface area (Å²) in [6.45, 7) is 3.16. The van der Waals surface area contributed by atoms with Crippen LogP contribution in [0.15, 0.2) is 50.0 Å². The summed E-state index contributed by atoms with van der Waals surface area (Å²) in [7, 11) is 0. The van der Waals surface area contributed by atoms with E-state index in [2.05, 4.69) is 56.2 Å². The van der Waals surface area contributed by atoms with Crippen molar-refractivity contribution in [2.45, 2.75) is 25.8 Å². The number of hydrogen-bond donors (Lipinski definition) is 1. The molecule has 0 amide bonds. The molecule has 0 saturated carbocycles. The highest BCUT2D eigenvalue weighted by molar-refractivity contribution is 9.11. The molecule has 0 bridgehead atoms. The summed E-state index contributed by atoms with van der Waals surface area (Å²) in [5, 5.41) is 3.58. The first-order valence-electron chi connectivity index (χ1n) is 6.41. The second-order valence-electron chi connectivity index (χ2n) is 4.46. The minimum atomic E-state index is 0.248. The van der Waals surface area contributed by atoms with Gasteiger partial charge in [-0.05, 0) is 48.9 Å². The predicted octanol–water partition coefficient (Wildman–Crippen LogP) is 5.09. The van der Waals surface area contributed by atoms with Crippen LogP contribution in [0.25, 0.3) is 0 Å². The molecule has 19 heavy (non-hydrogen) atoms. The van der Waals surface area contributed by atoms with Crippen LogP contribution in [0, 0.1) is 0 Å². The van der Waals surface area contributed by atoms with Crippen LogP contribution in [0.1, 0.15) is 30.7 Å². The quantitative estimate of drug-likeness (QED) is 0.747. The summed E-state index contributed by atoms with van der Waals surface area (Å²) in [5.41, 5.74) is 1.25. The van der Waals surface area contributed by atoms with Crippen molar-refractivity contribution in [3.63, 3.8) is 0 Å². The van der Waals surface area contributed by atoms with Crippen molar-refractivity contribution >= 4 is 31.9 Å². The van der Waals surface area contributed by atoms with E-state index in [1.165, 1.54) is 5.56 Å². The largest absolute Gasteiger partial charge is 0.469 e. The highest BCUT2D eigenvalue weighted by Crippen LogP contribution is 2.29. The zero-order valence-electron chi connectivity index (χ0n) is 10.8. The molecule has 0 radical (unpaired) electrons. The maximum atomic E-state index is 5.47. The molecule has 2 rings (SSSR count). The molecule has 1 N–H and O–H groups in total. The van der Waals surface area contributed by atoms with Gasteiger partial charge in [0.15, 0.2) is 0 Å². The highest BCUT2D eigenvalue weighted by atomic mass is 79.9. The predicted molar refractivity (Wildman–Crippen MR) is 85.3 cm³/mol. The molecule has 1 heterocycles. The van der Waals surface area contributed by atoms with Crippen LogP contribution >= 0.6 is 31.9 Å². The Hall–Kier alpha value is -0.580. The first kappa shape index (κ1) is 14.8. The van der Waals surface area contributed by atoms with Crippen LogP contribution in [0.5, 0.6) is 0 Å². The van der Waals surface area contributed by atoms with Crippen molar-refractivity contribution in [3.8, 4) is 0 Å². The summed E-state index contributed by atoms with van der Waals surface area (Å²) in [5.74, 6) is 1.00. The van der Waals surface area contributed by atoms with E-state index in [0.717, 1.165) is 34.1 Å². The molecule has 2 aromatic rings. The number of rotatable bonds is 6. The van der Waals surface area contributed by atoms with Crippen molar-refractivity contribution in [1.29, 1.82) is 0 Å². The number of benzene rings is 1. The van der Waals surface area contributed by atoms with Crippen LogP contribution in [0.3, 0.4) is 0 Å². The normalized spacial score (nSPS) is 12.6. The maximum absolute atomic E-state index is 5.47. The van der Waals surface area contributed by atoms with E-state index in [0.29, 0.717) is 0 Å². The third-order valence-electron chi connectivity index (χ3n) is 2.96. The van der Waals surface area contributed by atoms with Crippen molar-refractivity contribution in [1.82, 2.24) is 5.32 Å². The lowest BCUT2D eigenvalue weighted by Gasteiger charge is -2.19. The molecule has 1 aromatic carbocycles. The van der Waals surface area contributed by atoms with Crippen LogP contribution in [-0.2, 0) is 6.42 Å². The fourth-order valence-corrected chi connectivity index (χ4v) is 2.92. The molecule has 102 valence electrons. The van der Waals surface area contributed by atoms with Crippen molar-refractivity contribution in [3.05, 3.63) is 56.9 Å². The zero-order chi connectivity index (χ0) is 13.7. The van der Waals surface area contributed by atoms with E-state index in [1.807, 2.05) is 18.2 Å². The Balaban J connectivity index is 2.23. The van der Waals surface area contributed by atoms with Gasteiger partial charge in [0.05, 0.1) is 6.26 Å². The van der Waals surface area contributed by atoms with E-state index in [-0.39, 0.29) is 6.04 Å². The monoisotopic (exact) mass is 385 g/mol. The van der Waals surface area contributed by atoms with Crippen LogP contribution in [0.2, 0.25) is 0 Å². The Bertz CT molecular complexity index is 511. The molecular formula is C15H17Br2NO. The van der Waals surface area contributed by atoms with E-state index in [1.54, 1.807) is 6.26 Å². The Labute approximate surface area is 130 Å². The molecule has 0 aliphatic rings. The molecule has 1 atom stereocenters. The molecule has 0 spiro atoms. The van der Waals surface area contributed by atoms with Gasteiger partial charge in [0.1, 0.15) is 5.76 Å². The SMILES string of the molecule is CCCNC(Cc1ccco1)c1cc(Br)ccc1Br. The van der Waals surface area contributed by atoms with Gasteiger partial charge in [-0.15, -0.1) is 0 Å². The van der Waals surface area contributed by atoms with Gasteiger partial charge < -0.3 is 9.73 Å². The summed E-state index contributed by atoms with van der Waals surface area (Å²) in [6.07, 6.45) is 3.69. The topological polar surface area (TPSA) is 25.2 Å². The van der Waals surface area contributed by atoms with E-state index < -0.39 is 0 Å². The third kappa shape index (κ3) is 4.20. The van der Waals surface area contributed by atoms with Gasteiger partial charge in [-0.1, -0.05) is 38.8 Å². The Morgan fingerprint density at radius 2 is 2.11 bits per heavy atom. The molecule has 0 aliphatic heterocycles. The average Bonchev–Trinajstić information content (AvgIpc) is 2.90. The smallest absolute Gasteiger partial charge is 0.105 e. The minimum Gasteiger partial charge on any atom is -0.469 e. The van der Waals surface area contributed by atoms with Crippen LogP contribution in [-0.4, -0.2) is 6.54 Å². The summed E-state index contributed by atoms with van der Waals surface area (Å²) < 4.78 is 7.68. The van der Waals surface area contributed by atoms with Gasteiger partial charge in [0, 0.05) is 21.4 Å². The van der Waals surface area contributed by atoms with E-state index >= 15 is 0 Å². The first-order valence-corrected chi connectivity index (χ1v) is 8.00. The van der Waals surface area contributed by atoms with Crippen LogP contribution in [0.4, 0.5) is 0 Å². The highest BCUT2D eigenvalue weighted by Gasteiger charge is 2.16. The summed E-state index contributed by atoms with van der Waals surface area (Å²) >= 11 is 7.17.